The number of rotatable bonds is 2. The zero-order valence-electron chi connectivity index (χ0n) is 13.2. The molecule has 3 aromatic rings. The number of aliphatic imine (C=N–C) groups is 1. The van der Waals surface area contributed by atoms with Crippen molar-refractivity contribution in [2.24, 2.45) is 4.99 Å². The Balaban J connectivity index is 1.81. The molecule has 124 valence electrons. The number of Topliss-reactive ketones (excluding diaryl/α,β-unsaturated/α-hetero) is 1. The van der Waals surface area contributed by atoms with E-state index in [1.165, 1.54) is 12.1 Å². The number of ketones is 1. The minimum Gasteiger partial charge on any atom is -0.323 e. The number of imidazole rings is 1. The summed E-state index contributed by atoms with van der Waals surface area (Å²) < 4.78 is 1.73. The summed E-state index contributed by atoms with van der Waals surface area (Å²) in [4.78, 5) is 32.0. The van der Waals surface area contributed by atoms with Gasteiger partial charge in [-0.05, 0) is 31.2 Å². The zero-order chi connectivity index (χ0) is 17.6. The van der Waals surface area contributed by atoms with Crippen molar-refractivity contribution in [1.29, 1.82) is 0 Å². The first-order valence-electron chi connectivity index (χ1n) is 7.65. The Hall–Kier alpha value is -3.55. The van der Waals surface area contributed by atoms with Crippen LogP contribution in [0.2, 0.25) is 0 Å². The predicted molar refractivity (Wildman–Crippen MR) is 92.2 cm³/mol. The average molecular weight is 335 g/mol. The van der Waals surface area contributed by atoms with Crippen LogP contribution >= 0.6 is 0 Å². The van der Waals surface area contributed by atoms with Crippen LogP contribution in [0, 0.1) is 10.1 Å². The topological polar surface area (TPSA) is 102 Å². The number of non-ortho nitro benzene ring substituents is 1. The van der Waals surface area contributed by atoms with E-state index in [9.17, 15) is 14.9 Å². The lowest BCUT2D eigenvalue weighted by molar-refractivity contribution is -0.384. The van der Waals surface area contributed by atoms with E-state index >= 15 is 0 Å². The smallest absolute Gasteiger partial charge is 0.269 e. The Morgan fingerprint density at radius 2 is 1.96 bits per heavy atom. The van der Waals surface area contributed by atoms with Crippen molar-refractivity contribution in [3.63, 3.8) is 0 Å². The first kappa shape index (κ1) is 15.0. The molecule has 1 aliphatic rings. The average Bonchev–Trinajstić information content (AvgIpc) is 2.92. The predicted octanol–water partition coefficient (Wildman–Crippen LogP) is 2.69. The number of hydrogen-bond donors (Lipinski definition) is 1. The molecule has 1 atom stereocenters. The number of amidine groups is 1. The van der Waals surface area contributed by atoms with E-state index in [0.717, 1.165) is 0 Å². The summed E-state index contributed by atoms with van der Waals surface area (Å²) in [5.41, 5.74) is 1.75. The number of pyridine rings is 1. The highest BCUT2D eigenvalue weighted by Crippen LogP contribution is 2.24. The number of nitrogens with one attached hydrogen (secondary N) is 1. The van der Waals surface area contributed by atoms with E-state index in [1.807, 2.05) is 18.2 Å². The van der Waals surface area contributed by atoms with Gasteiger partial charge in [-0.15, -0.1) is 0 Å². The number of aromatic nitrogens is 2. The van der Waals surface area contributed by atoms with Crippen LogP contribution in [0.4, 0.5) is 11.5 Å². The Bertz CT molecular complexity index is 1040. The van der Waals surface area contributed by atoms with Gasteiger partial charge in [-0.2, -0.15) is 0 Å². The van der Waals surface area contributed by atoms with Gasteiger partial charge in [0.2, 0.25) is 5.78 Å². The van der Waals surface area contributed by atoms with Gasteiger partial charge in [0.25, 0.3) is 5.69 Å². The molecule has 8 heteroatoms. The minimum absolute atomic E-state index is 0.00415. The van der Waals surface area contributed by atoms with E-state index in [4.69, 9.17) is 0 Å². The van der Waals surface area contributed by atoms with Gasteiger partial charge in [0, 0.05) is 23.9 Å². The fourth-order valence-corrected chi connectivity index (χ4v) is 2.80. The maximum Gasteiger partial charge on any atom is 0.269 e. The number of carbonyl (C=O) groups is 1. The second-order valence-electron chi connectivity index (χ2n) is 5.68. The molecule has 1 N–H and O–H groups in total. The first-order valence-corrected chi connectivity index (χ1v) is 7.65. The number of fused-ring (bicyclic) bond motifs is 3. The largest absolute Gasteiger partial charge is 0.323 e. The molecule has 0 spiro atoms. The van der Waals surface area contributed by atoms with E-state index in [2.05, 4.69) is 15.3 Å². The molecule has 0 saturated carbocycles. The van der Waals surface area contributed by atoms with Crippen molar-refractivity contribution in [3.8, 4) is 0 Å². The van der Waals surface area contributed by atoms with E-state index < -0.39 is 11.0 Å². The molecular weight excluding hydrogens is 322 g/mol. The number of nitro groups is 1. The molecule has 25 heavy (non-hydrogen) atoms. The molecule has 0 bridgehead atoms. The monoisotopic (exact) mass is 335 g/mol. The summed E-state index contributed by atoms with van der Waals surface area (Å²) in [6, 6.07) is 10.9. The Kier molecular flexibility index (Phi) is 3.31. The van der Waals surface area contributed by atoms with Gasteiger partial charge in [0.15, 0.2) is 5.82 Å². The highest BCUT2D eigenvalue weighted by atomic mass is 16.6. The van der Waals surface area contributed by atoms with Crippen LogP contribution in [0.25, 0.3) is 5.65 Å². The highest BCUT2D eigenvalue weighted by Gasteiger charge is 2.28. The molecule has 3 heterocycles. The summed E-state index contributed by atoms with van der Waals surface area (Å²) in [7, 11) is 0. The Labute approximate surface area is 142 Å². The zero-order valence-corrected chi connectivity index (χ0v) is 13.2. The van der Waals surface area contributed by atoms with Gasteiger partial charge in [0.05, 0.1) is 4.92 Å². The Morgan fingerprint density at radius 1 is 1.20 bits per heavy atom. The quantitative estimate of drug-likeness (QED) is 0.573. The summed E-state index contributed by atoms with van der Waals surface area (Å²) in [6.45, 7) is 1.72. The second kappa shape index (κ2) is 5.52. The lowest BCUT2D eigenvalue weighted by Crippen LogP contribution is -2.17. The van der Waals surface area contributed by atoms with Crippen LogP contribution in [0.15, 0.2) is 53.7 Å². The van der Waals surface area contributed by atoms with Crippen LogP contribution < -0.4 is 5.32 Å². The third kappa shape index (κ3) is 2.44. The number of carbonyl (C=O) groups excluding carboxylic acids is 1. The van der Waals surface area contributed by atoms with Gasteiger partial charge in [0.1, 0.15) is 23.2 Å². The van der Waals surface area contributed by atoms with Crippen LogP contribution in [0.1, 0.15) is 23.0 Å². The van der Waals surface area contributed by atoms with E-state index in [0.29, 0.717) is 28.6 Å². The molecule has 0 amide bonds. The molecular formula is C17H13N5O3. The number of anilines is 1. The van der Waals surface area contributed by atoms with Gasteiger partial charge in [-0.3, -0.25) is 24.3 Å². The number of nitrogens with zero attached hydrogens (tertiary/aromatic N) is 4. The van der Waals surface area contributed by atoms with Gasteiger partial charge < -0.3 is 5.32 Å². The molecule has 1 aliphatic heterocycles. The lowest BCUT2D eigenvalue weighted by Gasteiger charge is -2.07. The van der Waals surface area contributed by atoms with Crippen molar-refractivity contribution in [1.82, 2.24) is 9.38 Å². The fourth-order valence-electron chi connectivity index (χ4n) is 2.80. The number of benzene rings is 1. The van der Waals surface area contributed by atoms with Crippen LogP contribution in [0.5, 0.6) is 0 Å². The van der Waals surface area contributed by atoms with Crippen LogP contribution in [-0.2, 0) is 0 Å². The molecule has 0 unspecified atom stereocenters. The molecule has 4 rings (SSSR count). The molecule has 8 nitrogen and oxygen atoms in total. The van der Waals surface area contributed by atoms with Crippen molar-refractivity contribution >= 4 is 28.8 Å². The van der Waals surface area contributed by atoms with Crippen LogP contribution in [-0.4, -0.2) is 32.0 Å². The molecule has 1 aromatic carbocycles. The lowest BCUT2D eigenvalue weighted by atomic mass is 10.1. The first-order chi connectivity index (χ1) is 12.0. The summed E-state index contributed by atoms with van der Waals surface area (Å²) in [5.74, 6) is 0.744. The fraction of sp³-hybridized carbons (Fsp3) is 0.118. The maximum atomic E-state index is 12.7. The standard InChI is InChI=1S/C17H13N5O3/c1-10-15(23)14-17(19-13-4-2-3-9-21(13)14)20-16(18-10)11-5-7-12(8-6-11)22(24)25/h2-10H,1H3,(H,18,20)/t10-/m0/s1. The van der Waals surface area contributed by atoms with E-state index in [1.54, 1.807) is 29.7 Å². The molecule has 2 aromatic heterocycles. The van der Waals surface area contributed by atoms with Crippen LogP contribution in [0.3, 0.4) is 0 Å². The maximum absolute atomic E-state index is 12.7. The van der Waals surface area contributed by atoms with Crippen molar-refractivity contribution < 1.29 is 9.72 Å². The van der Waals surface area contributed by atoms with E-state index in [-0.39, 0.29) is 11.5 Å². The normalized spacial score (nSPS) is 16.8. The van der Waals surface area contributed by atoms with Gasteiger partial charge >= 0.3 is 0 Å². The molecule has 0 radical (unpaired) electrons. The SMILES string of the molecule is C[C@@H]1N=C(c2ccc([N+](=O)[O-])cc2)Nc2nc3ccccn3c2C1=O. The van der Waals surface area contributed by atoms with Gasteiger partial charge in [-0.1, -0.05) is 6.07 Å². The van der Waals surface area contributed by atoms with Gasteiger partial charge in [-0.25, -0.2) is 4.98 Å². The highest BCUT2D eigenvalue weighted by molar-refractivity contribution is 6.15. The third-order valence-corrected chi connectivity index (χ3v) is 4.05. The van der Waals surface area contributed by atoms with Crippen molar-refractivity contribution in [3.05, 3.63) is 70.0 Å². The van der Waals surface area contributed by atoms with Crippen molar-refractivity contribution in [2.45, 2.75) is 13.0 Å². The third-order valence-electron chi connectivity index (χ3n) is 4.05. The minimum atomic E-state index is -0.598. The Morgan fingerprint density at radius 3 is 2.68 bits per heavy atom. The van der Waals surface area contributed by atoms with Crippen molar-refractivity contribution in [2.75, 3.05) is 5.32 Å². The molecule has 0 fully saturated rings. The molecule has 0 aliphatic carbocycles. The number of nitro benzene ring substituents is 1. The number of hydrogen-bond acceptors (Lipinski definition) is 6. The summed E-state index contributed by atoms with van der Waals surface area (Å²) >= 11 is 0. The molecule has 0 saturated heterocycles. The second-order valence-corrected chi connectivity index (χ2v) is 5.68. The summed E-state index contributed by atoms with van der Waals surface area (Å²) in [5, 5.41) is 13.9. The summed E-state index contributed by atoms with van der Waals surface area (Å²) in [6.07, 6.45) is 1.78.